The van der Waals surface area contributed by atoms with Gasteiger partial charge in [-0.3, -0.25) is 4.79 Å². The molecule has 2 aliphatic rings. The van der Waals surface area contributed by atoms with Crippen molar-refractivity contribution in [2.24, 2.45) is 11.3 Å². The van der Waals surface area contributed by atoms with E-state index in [1.54, 1.807) is 0 Å². The third kappa shape index (κ3) is 3.58. The fourth-order valence-electron chi connectivity index (χ4n) is 3.61. The normalized spacial score (nSPS) is 38.8. The highest BCUT2D eigenvalue weighted by Gasteiger charge is 2.49. The lowest BCUT2D eigenvalue weighted by Crippen LogP contribution is -2.63. The monoisotopic (exact) mass is 299 g/mol. The maximum atomic E-state index is 11.0. The van der Waals surface area contributed by atoms with Crippen molar-refractivity contribution in [3.8, 4) is 0 Å². The fraction of sp³-hybridized carbons (Fsp3) is 0.938. The van der Waals surface area contributed by atoms with Crippen LogP contribution in [0.1, 0.15) is 52.9 Å². The van der Waals surface area contributed by atoms with E-state index in [1.165, 1.54) is 0 Å². The first-order valence-corrected chi connectivity index (χ1v) is 8.08. The van der Waals surface area contributed by atoms with Crippen LogP contribution < -0.4 is 5.32 Å². The van der Waals surface area contributed by atoms with Crippen molar-refractivity contribution in [2.45, 2.75) is 70.6 Å². The molecule has 2 fully saturated rings. The standard InChI is InChI=1S/C16H29NO4/c1-4-21-13-9-12(15(13,2)3)17-10-16(20)7-5-11(6-8-16)14(18)19/h11-13,17,20H,4-10H2,1-3H3,(H,18,19). The van der Waals surface area contributed by atoms with Crippen LogP contribution in [0.3, 0.4) is 0 Å². The van der Waals surface area contributed by atoms with Crippen molar-refractivity contribution in [3.05, 3.63) is 0 Å². The molecule has 122 valence electrons. The van der Waals surface area contributed by atoms with Crippen molar-refractivity contribution in [3.63, 3.8) is 0 Å². The lowest BCUT2D eigenvalue weighted by atomic mass is 9.64. The summed E-state index contributed by atoms with van der Waals surface area (Å²) < 4.78 is 5.71. The molecule has 2 aliphatic carbocycles. The molecule has 0 aromatic carbocycles. The summed E-state index contributed by atoms with van der Waals surface area (Å²) in [6, 6.07) is 0.357. The van der Waals surface area contributed by atoms with Crippen molar-refractivity contribution in [1.82, 2.24) is 5.32 Å². The molecule has 21 heavy (non-hydrogen) atoms. The molecule has 2 saturated carbocycles. The number of carboxylic acid groups (broad SMARTS) is 1. The zero-order chi connectivity index (χ0) is 15.7. The summed E-state index contributed by atoms with van der Waals surface area (Å²) in [5.41, 5.74) is -0.663. The second kappa shape index (κ2) is 6.23. The fourth-order valence-corrected chi connectivity index (χ4v) is 3.61. The van der Waals surface area contributed by atoms with Gasteiger partial charge in [-0.25, -0.2) is 0 Å². The van der Waals surface area contributed by atoms with Crippen molar-refractivity contribution < 1.29 is 19.7 Å². The maximum Gasteiger partial charge on any atom is 0.306 e. The van der Waals surface area contributed by atoms with Crippen LogP contribution in [0.25, 0.3) is 0 Å². The summed E-state index contributed by atoms with van der Waals surface area (Å²) in [5.74, 6) is -1.02. The molecule has 0 amide bonds. The first kappa shape index (κ1) is 16.7. The Morgan fingerprint density at radius 1 is 1.33 bits per heavy atom. The van der Waals surface area contributed by atoms with Crippen LogP contribution in [0, 0.1) is 11.3 Å². The van der Waals surface area contributed by atoms with Gasteiger partial charge in [-0.2, -0.15) is 0 Å². The summed E-state index contributed by atoms with van der Waals surface area (Å²) in [7, 11) is 0. The molecule has 5 heteroatoms. The number of hydrogen-bond donors (Lipinski definition) is 3. The van der Waals surface area contributed by atoms with E-state index in [2.05, 4.69) is 19.2 Å². The van der Waals surface area contributed by atoms with Gasteiger partial charge in [0.05, 0.1) is 17.6 Å². The molecule has 0 radical (unpaired) electrons. The molecule has 0 heterocycles. The Morgan fingerprint density at radius 2 is 1.95 bits per heavy atom. The molecule has 5 nitrogen and oxygen atoms in total. The van der Waals surface area contributed by atoms with E-state index in [0.717, 1.165) is 13.0 Å². The zero-order valence-electron chi connectivity index (χ0n) is 13.4. The zero-order valence-corrected chi connectivity index (χ0v) is 13.4. The molecule has 0 spiro atoms. The van der Waals surface area contributed by atoms with Gasteiger partial charge in [0, 0.05) is 24.6 Å². The third-order valence-corrected chi connectivity index (χ3v) is 5.49. The molecule has 2 atom stereocenters. The Morgan fingerprint density at radius 3 is 2.43 bits per heavy atom. The van der Waals surface area contributed by atoms with Gasteiger partial charge in [-0.15, -0.1) is 0 Å². The minimum absolute atomic E-state index is 0.0879. The number of ether oxygens (including phenoxy) is 1. The highest BCUT2D eigenvalue weighted by molar-refractivity contribution is 5.70. The second-order valence-corrected chi connectivity index (χ2v) is 7.27. The molecular weight excluding hydrogens is 270 g/mol. The van der Waals surface area contributed by atoms with E-state index in [-0.39, 0.29) is 17.4 Å². The van der Waals surface area contributed by atoms with Crippen LogP contribution in [0.5, 0.6) is 0 Å². The van der Waals surface area contributed by atoms with E-state index in [0.29, 0.717) is 38.3 Å². The van der Waals surface area contributed by atoms with E-state index in [1.807, 2.05) is 6.92 Å². The largest absolute Gasteiger partial charge is 0.481 e. The van der Waals surface area contributed by atoms with Gasteiger partial charge in [-0.05, 0) is 39.0 Å². The average molecular weight is 299 g/mol. The predicted octanol–water partition coefficient (Wildman–Crippen LogP) is 1.79. The number of rotatable bonds is 6. The lowest BCUT2D eigenvalue weighted by molar-refractivity contribution is -0.145. The summed E-state index contributed by atoms with van der Waals surface area (Å²) in [5, 5.41) is 23.1. The van der Waals surface area contributed by atoms with Crippen molar-refractivity contribution in [2.75, 3.05) is 13.2 Å². The highest BCUT2D eigenvalue weighted by Crippen LogP contribution is 2.43. The van der Waals surface area contributed by atoms with Crippen LogP contribution in [0.15, 0.2) is 0 Å². The summed E-state index contributed by atoms with van der Waals surface area (Å²) in [6.45, 7) is 7.69. The molecule has 0 aromatic rings. The number of aliphatic hydroxyl groups is 1. The summed E-state index contributed by atoms with van der Waals surface area (Å²) in [4.78, 5) is 11.0. The molecule has 0 bridgehead atoms. The topological polar surface area (TPSA) is 78.8 Å². The summed E-state index contributed by atoms with van der Waals surface area (Å²) in [6.07, 6.45) is 3.55. The van der Waals surface area contributed by atoms with Crippen LogP contribution in [0.4, 0.5) is 0 Å². The third-order valence-electron chi connectivity index (χ3n) is 5.49. The predicted molar refractivity (Wildman–Crippen MR) is 80.1 cm³/mol. The van der Waals surface area contributed by atoms with Crippen LogP contribution in [0.2, 0.25) is 0 Å². The molecule has 0 saturated heterocycles. The van der Waals surface area contributed by atoms with E-state index < -0.39 is 11.6 Å². The lowest BCUT2D eigenvalue weighted by Gasteiger charge is -2.52. The first-order chi connectivity index (χ1) is 9.78. The number of hydrogen-bond acceptors (Lipinski definition) is 4. The Labute approximate surface area is 127 Å². The van der Waals surface area contributed by atoms with Gasteiger partial charge < -0.3 is 20.3 Å². The Hall–Kier alpha value is -0.650. The van der Waals surface area contributed by atoms with Gasteiger partial charge in [0.1, 0.15) is 0 Å². The molecule has 3 N–H and O–H groups in total. The van der Waals surface area contributed by atoms with Crippen LogP contribution in [-0.4, -0.2) is 47.1 Å². The number of carboxylic acids is 1. The Kier molecular flexibility index (Phi) is 4.96. The van der Waals surface area contributed by atoms with E-state index >= 15 is 0 Å². The van der Waals surface area contributed by atoms with Gasteiger partial charge in [0.15, 0.2) is 0 Å². The van der Waals surface area contributed by atoms with Gasteiger partial charge in [-0.1, -0.05) is 13.8 Å². The molecule has 2 rings (SSSR count). The van der Waals surface area contributed by atoms with Crippen molar-refractivity contribution >= 4 is 5.97 Å². The van der Waals surface area contributed by atoms with Crippen LogP contribution >= 0.6 is 0 Å². The molecule has 0 aliphatic heterocycles. The summed E-state index contributed by atoms with van der Waals surface area (Å²) >= 11 is 0. The number of nitrogens with one attached hydrogen (secondary N) is 1. The number of aliphatic carboxylic acids is 1. The van der Waals surface area contributed by atoms with E-state index in [4.69, 9.17) is 9.84 Å². The Bertz CT molecular complexity index is 374. The first-order valence-electron chi connectivity index (χ1n) is 8.08. The van der Waals surface area contributed by atoms with Crippen molar-refractivity contribution in [1.29, 1.82) is 0 Å². The van der Waals surface area contributed by atoms with Gasteiger partial charge >= 0.3 is 5.97 Å². The van der Waals surface area contributed by atoms with Gasteiger partial charge in [0.2, 0.25) is 0 Å². The minimum Gasteiger partial charge on any atom is -0.481 e. The Balaban J connectivity index is 1.78. The molecular formula is C16H29NO4. The SMILES string of the molecule is CCOC1CC(NCC2(O)CCC(C(=O)O)CC2)C1(C)C. The second-order valence-electron chi connectivity index (χ2n) is 7.27. The number of carbonyl (C=O) groups is 1. The van der Waals surface area contributed by atoms with Crippen LogP contribution in [-0.2, 0) is 9.53 Å². The van der Waals surface area contributed by atoms with Gasteiger partial charge in [0.25, 0.3) is 0 Å². The quantitative estimate of drug-likeness (QED) is 0.697. The molecule has 2 unspecified atom stereocenters. The smallest absolute Gasteiger partial charge is 0.306 e. The minimum atomic E-state index is -0.751. The maximum absolute atomic E-state index is 11.0. The highest BCUT2D eigenvalue weighted by atomic mass is 16.5. The van der Waals surface area contributed by atoms with E-state index in [9.17, 15) is 9.90 Å². The molecule has 0 aromatic heterocycles. The average Bonchev–Trinajstić information content (AvgIpc) is 2.42.